The van der Waals surface area contributed by atoms with E-state index < -0.39 is 5.97 Å². The molecule has 0 aliphatic carbocycles. The zero-order valence-corrected chi connectivity index (χ0v) is 18.5. The van der Waals surface area contributed by atoms with E-state index in [1.54, 1.807) is 48.5 Å². The van der Waals surface area contributed by atoms with Crippen molar-refractivity contribution in [1.82, 2.24) is 9.78 Å². The number of aromatic nitrogens is 2. The maximum atomic E-state index is 13.0. The molecule has 166 valence electrons. The quantitative estimate of drug-likeness (QED) is 0.426. The Morgan fingerprint density at radius 2 is 1.64 bits per heavy atom. The zero-order chi connectivity index (χ0) is 23.4. The van der Waals surface area contributed by atoms with Gasteiger partial charge in [-0.15, -0.1) is 0 Å². The molecule has 1 N–H and O–H groups in total. The highest BCUT2D eigenvalue weighted by Crippen LogP contribution is 2.25. The number of amides is 1. The van der Waals surface area contributed by atoms with Crippen molar-refractivity contribution in [2.75, 3.05) is 12.4 Å². The molecule has 3 aromatic carbocycles. The lowest BCUT2D eigenvalue weighted by molar-refractivity contribution is -0.116. The van der Waals surface area contributed by atoms with E-state index in [4.69, 9.17) is 11.6 Å². The second kappa shape index (κ2) is 9.67. The standard InChI is InChI=1S/C25H20ClN3O4/c1-33-25(32)17-8-12-19(13-9-17)27-22(30)14-15-29-24(31)21-5-3-2-4-20(21)23(28-29)16-6-10-18(26)11-7-16/h2-13H,14-15H2,1H3,(H,27,30). The number of esters is 1. The number of nitrogens with zero attached hydrogens (tertiary/aromatic N) is 2. The summed E-state index contributed by atoms with van der Waals surface area (Å²) in [5.74, 6) is -0.734. The number of ether oxygens (including phenoxy) is 1. The van der Waals surface area contributed by atoms with E-state index in [-0.39, 0.29) is 24.4 Å². The van der Waals surface area contributed by atoms with Crippen LogP contribution in [0.2, 0.25) is 5.02 Å². The second-order valence-corrected chi connectivity index (χ2v) is 7.73. The lowest BCUT2D eigenvalue weighted by Gasteiger charge is -2.12. The highest BCUT2D eigenvalue weighted by molar-refractivity contribution is 6.30. The third-order valence-electron chi connectivity index (χ3n) is 5.13. The predicted octanol–water partition coefficient (Wildman–Crippen LogP) is 4.53. The van der Waals surface area contributed by atoms with Gasteiger partial charge < -0.3 is 10.1 Å². The van der Waals surface area contributed by atoms with Gasteiger partial charge >= 0.3 is 5.97 Å². The van der Waals surface area contributed by atoms with Gasteiger partial charge in [-0.1, -0.05) is 41.9 Å². The summed E-state index contributed by atoms with van der Waals surface area (Å²) in [4.78, 5) is 37.0. The number of benzene rings is 3. The molecule has 1 aromatic heterocycles. The van der Waals surface area contributed by atoms with Crippen LogP contribution in [-0.2, 0) is 16.1 Å². The van der Waals surface area contributed by atoms with E-state index in [0.717, 1.165) is 10.9 Å². The summed E-state index contributed by atoms with van der Waals surface area (Å²) in [6.45, 7) is 0.107. The molecule has 0 spiro atoms. The van der Waals surface area contributed by atoms with Gasteiger partial charge in [0.1, 0.15) is 0 Å². The minimum absolute atomic E-state index is 0.0457. The number of carbonyl (C=O) groups is 2. The second-order valence-electron chi connectivity index (χ2n) is 7.30. The summed E-state index contributed by atoms with van der Waals surface area (Å²) in [6.07, 6.45) is 0.0457. The van der Waals surface area contributed by atoms with Gasteiger partial charge in [-0.2, -0.15) is 5.10 Å². The summed E-state index contributed by atoms with van der Waals surface area (Å²) in [5, 5.41) is 9.17. The number of hydrogen-bond donors (Lipinski definition) is 1. The van der Waals surface area contributed by atoms with E-state index in [2.05, 4.69) is 15.2 Å². The Labute approximate surface area is 194 Å². The number of halogens is 1. The third-order valence-corrected chi connectivity index (χ3v) is 5.38. The zero-order valence-electron chi connectivity index (χ0n) is 17.7. The number of nitrogens with one attached hydrogen (secondary N) is 1. The van der Waals surface area contributed by atoms with Crippen LogP contribution in [0.1, 0.15) is 16.8 Å². The molecule has 0 aliphatic rings. The Balaban J connectivity index is 1.55. The Morgan fingerprint density at radius 1 is 0.970 bits per heavy atom. The summed E-state index contributed by atoms with van der Waals surface area (Å²) < 4.78 is 5.97. The van der Waals surface area contributed by atoms with Crippen molar-refractivity contribution < 1.29 is 14.3 Å². The van der Waals surface area contributed by atoms with Crippen molar-refractivity contribution >= 4 is 39.9 Å². The molecular formula is C25H20ClN3O4. The average Bonchev–Trinajstić information content (AvgIpc) is 2.84. The van der Waals surface area contributed by atoms with Crippen LogP contribution in [0, 0.1) is 0 Å². The predicted molar refractivity (Wildman–Crippen MR) is 127 cm³/mol. The molecule has 0 bridgehead atoms. The summed E-state index contributed by atoms with van der Waals surface area (Å²) in [5.41, 5.74) is 2.11. The molecule has 8 heteroatoms. The van der Waals surface area contributed by atoms with Gasteiger partial charge in [0.15, 0.2) is 0 Å². The molecule has 4 rings (SSSR count). The first-order chi connectivity index (χ1) is 16.0. The van der Waals surface area contributed by atoms with Gasteiger partial charge in [0, 0.05) is 28.1 Å². The number of fused-ring (bicyclic) bond motifs is 1. The highest BCUT2D eigenvalue weighted by Gasteiger charge is 2.13. The summed E-state index contributed by atoms with van der Waals surface area (Å²) >= 11 is 6.01. The van der Waals surface area contributed by atoms with Crippen molar-refractivity contribution in [3.63, 3.8) is 0 Å². The van der Waals surface area contributed by atoms with Crippen LogP contribution in [0.15, 0.2) is 77.6 Å². The van der Waals surface area contributed by atoms with Crippen LogP contribution in [0.3, 0.4) is 0 Å². The minimum atomic E-state index is -0.453. The Kier molecular flexibility index (Phi) is 6.51. The molecule has 0 saturated carbocycles. The fraction of sp³-hybridized carbons (Fsp3) is 0.120. The van der Waals surface area contributed by atoms with Crippen LogP contribution in [0.4, 0.5) is 5.69 Å². The Bertz CT molecular complexity index is 1380. The van der Waals surface area contributed by atoms with Crippen molar-refractivity contribution in [1.29, 1.82) is 0 Å². The van der Waals surface area contributed by atoms with Gasteiger partial charge in [-0.3, -0.25) is 9.59 Å². The largest absolute Gasteiger partial charge is 0.465 e. The van der Waals surface area contributed by atoms with E-state index in [1.165, 1.54) is 11.8 Å². The maximum absolute atomic E-state index is 13.0. The molecule has 33 heavy (non-hydrogen) atoms. The number of aryl methyl sites for hydroxylation is 1. The first-order valence-electron chi connectivity index (χ1n) is 10.2. The molecule has 0 fully saturated rings. The van der Waals surface area contributed by atoms with Gasteiger partial charge in [-0.05, 0) is 42.5 Å². The first kappa shape index (κ1) is 22.2. The molecule has 0 unspecified atom stereocenters. The van der Waals surface area contributed by atoms with Crippen LogP contribution in [0.5, 0.6) is 0 Å². The number of carbonyl (C=O) groups excluding carboxylic acids is 2. The fourth-order valence-corrected chi connectivity index (χ4v) is 3.57. The van der Waals surface area contributed by atoms with E-state index in [1.807, 2.05) is 24.3 Å². The van der Waals surface area contributed by atoms with Crippen LogP contribution in [0.25, 0.3) is 22.0 Å². The summed E-state index contributed by atoms with van der Waals surface area (Å²) in [6, 6.07) is 20.8. The normalized spacial score (nSPS) is 10.7. The molecule has 4 aromatic rings. The molecule has 1 heterocycles. The number of anilines is 1. The highest BCUT2D eigenvalue weighted by atomic mass is 35.5. The lowest BCUT2D eigenvalue weighted by Crippen LogP contribution is -2.26. The lowest BCUT2D eigenvalue weighted by atomic mass is 10.1. The van der Waals surface area contributed by atoms with E-state index in [9.17, 15) is 14.4 Å². The summed E-state index contributed by atoms with van der Waals surface area (Å²) in [7, 11) is 1.30. The molecule has 0 radical (unpaired) electrons. The van der Waals surface area contributed by atoms with Gasteiger partial charge in [0.05, 0.1) is 30.3 Å². The number of hydrogen-bond acceptors (Lipinski definition) is 5. The van der Waals surface area contributed by atoms with Crippen LogP contribution >= 0.6 is 11.6 Å². The minimum Gasteiger partial charge on any atom is -0.465 e. The van der Waals surface area contributed by atoms with Gasteiger partial charge in [0.25, 0.3) is 5.56 Å². The monoisotopic (exact) mass is 461 g/mol. The number of methoxy groups -OCH3 is 1. The van der Waals surface area contributed by atoms with Crippen molar-refractivity contribution in [2.24, 2.45) is 0 Å². The van der Waals surface area contributed by atoms with Gasteiger partial charge in [0.2, 0.25) is 5.91 Å². The van der Waals surface area contributed by atoms with Crippen molar-refractivity contribution in [3.05, 3.63) is 93.7 Å². The Morgan fingerprint density at radius 3 is 2.30 bits per heavy atom. The smallest absolute Gasteiger partial charge is 0.337 e. The average molecular weight is 462 g/mol. The van der Waals surface area contributed by atoms with E-state index in [0.29, 0.717) is 27.4 Å². The fourth-order valence-electron chi connectivity index (χ4n) is 3.45. The Hall–Kier alpha value is -3.97. The molecule has 7 nitrogen and oxygen atoms in total. The SMILES string of the molecule is COC(=O)c1ccc(NC(=O)CCn2nc(-c3ccc(Cl)cc3)c3ccccc3c2=O)cc1. The maximum Gasteiger partial charge on any atom is 0.337 e. The van der Waals surface area contributed by atoms with Gasteiger partial charge in [-0.25, -0.2) is 9.48 Å². The van der Waals surface area contributed by atoms with Crippen LogP contribution < -0.4 is 10.9 Å². The number of rotatable bonds is 6. The van der Waals surface area contributed by atoms with Crippen molar-refractivity contribution in [3.8, 4) is 11.3 Å². The topological polar surface area (TPSA) is 90.3 Å². The molecule has 0 saturated heterocycles. The molecule has 0 aliphatic heterocycles. The van der Waals surface area contributed by atoms with E-state index >= 15 is 0 Å². The molecule has 0 atom stereocenters. The third kappa shape index (κ3) is 4.94. The molecular weight excluding hydrogens is 442 g/mol. The van der Waals surface area contributed by atoms with Crippen molar-refractivity contribution in [2.45, 2.75) is 13.0 Å². The first-order valence-corrected chi connectivity index (χ1v) is 10.6. The molecule has 1 amide bonds. The van der Waals surface area contributed by atoms with Crippen LogP contribution in [-0.4, -0.2) is 28.8 Å².